The van der Waals surface area contributed by atoms with Gasteiger partial charge in [-0.1, -0.05) is 0 Å². The van der Waals surface area contributed by atoms with Crippen LogP contribution in [-0.4, -0.2) is 55.4 Å². The fourth-order valence-corrected chi connectivity index (χ4v) is 2.46. The molecular weight excluding hydrogens is 319 g/mol. The predicted molar refractivity (Wildman–Crippen MR) is 84.7 cm³/mol. The van der Waals surface area contributed by atoms with Crippen molar-refractivity contribution >= 4 is 17.7 Å². The van der Waals surface area contributed by atoms with Crippen LogP contribution in [0.3, 0.4) is 0 Å². The van der Waals surface area contributed by atoms with E-state index in [0.717, 1.165) is 6.07 Å². The number of methoxy groups -OCH3 is 1. The number of urea groups is 1. The lowest BCUT2D eigenvalue weighted by atomic mass is 9.90. The van der Waals surface area contributed by atoms with Gasteiger partial charge in [-0.05, 0) is 25.5 Å². The van der Waals surface area contributed by atoms with E-state index in [1.54, 1.807) is 6.92 Å². The number of nitrogens with zero attached hydrogens (tertiary/aromatic N) is 1. The first-order valence-corrected chi connectivity index (χ1v) is 7.56. The highest BCUT2D eigenvalue weighted by Gasteiger charge is 2.42. The fraction of sp³-hybridized carbons (Fsp3) is 0.500. The number of rotatable bonds is 6. The van der Waals surface area contributed by atoms with Gasteiger partial charge in [-0.3, -0.25) is 4.79 Å². The zero-order valence-electron chi connectivity index (χ0n) is 13.7. The van der Waals surface area contributed by atoms with Crippen LogP contribution < -0.4 is 10.1 Å². The van der Waals surface area contributed by atoms with Gasteiger partial charge in [-0.25, -0.2) is 9.18 Å². The molecule has 1 aromatic carbocycles. The van der Waals surface area contributed by atoms with Crippen molar-refractivity contribution in [2.75, 3.05) is 38.7 Å². The van der Waals surface area contributed by atoms with Crippen molar-refractivity contribution in [3.63, 3.8) is 0 Å². The third kappa shape index (κ3) is 4.14. The van der Waals surface area contributed by atoms with E-state index in [4.69, 9.17) is 9.47 Å². The van der Waals surface area contributed by atoms with Crippen LogP contribution >= 0.6 is 0 Å². The van der Waals surface area contributed by atoms with Gasteiger partial charge in [0.2, 0.25) is 0 Å². The van der Waals surface area contributed by atoms with Crippen molar-refractivity contribution in [3.05, 3.63) is 24.0 Å². The largest absolute Gasteiger partial charge is 0.489 e. The van der Waals surface area contributed by atoms with Gasteiger partial charge in [0.05, 0.1) is 17.7 Å². The van der Waals surface area contributed by atoms with Crippen LogP contribution in [0.2, 0.25) is 0 Å². The second-order valence-electron chi connectivity index (χ2n) is 5.95. The van der Waals surface area contributed by atoms with E-state index in [2.05, 4.69) is 5.32 Å². The first-order valence-electron chi connectivity index (χ1n) is 7.56. The third-order valence-electron chi connectivity index (χ3n) is 4.01. The second-order valence-corrected chi connectivity index (χ2v) is 5.95. The monoisotopic (exact) mass is 340 g/mol. The lowest BCUT2D eigenvalue weighted by Crippen LogP contribution is -2.37. The van der Waals surface area contributed by atoms with Gasteiger partial charge < -0.3 is 24.8 Å². The van der Waals surface area contributed by atoms with Gasteiger partial charge in [0, 0.05) is 26.3 Å². The number of hydrogen-bond donors (Lipinski definition) is 2. The summed E-state index contributed by atoms with van der Waals surface area (Å²) in [6.07, 6.45) is 0.371. The lowest BCUT2D eigenvalue weighted by Gasteiger charge is -2.21. The Hall–Kier alpha value is -2.35. The molecule has 1 aliphatic rings. The third-order valence-corrected chi connectivity index (χ3v) is 4.01. The summed E-state index contributed by atoms with van der Waals surface area (Å²) in [7, 11) is 1.53. The minimum absolute atomic E-state index is 0.101. The molecule has 0 radical (unpaired) electrons. The van der Waals surface area contributed by atoms with Gasteiger partial charge in [-0.15, -0.1) is 0 Å². The van der Waals surface area contributed by atoms with Gasteiger partial charge in [0.15, 0.2) is 0 Å². The van der Waals surface area contributed by atoms with Gasteiger partial charge in [-0.2, -0.15) is 0 Å². The van der Waals surface area contributed by atoms with Crippen molar-refractivity contribution in [3.8, 4) is 5.75 Å². The highest BCUT2D eigenvalue weighted by molar-refractivity contribution is 5.92. The van der Waals surface area contributed by atoms with Gasteiger partial charge >= 0.3 is 12.0 Å². The number of amides is 2. The van der Waals surface area contributed by atoms with Crippen LogP contribution in [0, 0.1) is 11.2 Å². The number of hydrogen-bond acceptors (Lipinski definition) is 4. The fourth-order valence-electron chi connectivity index (χ4n) is 2.46. The summed E-state index contributed by atoms with van der Waals surface area (Å²) in [5, 5.41) is 11.8. The summed E-state index contributed by atoms with van der Waals surface area (Å²) in [5.74, 6) is -1.13. The Bertz CT molecular complexity index is 624. The Balaban J connectivity index is 2.06. The highest BCUT2D eigenvalue weighted by atomic mass is 19.1. The Morgan fingerprint density at radius 2 is 2.17 bits per heavy atom. The second kappa shape index (κ2) is 7.48. The van der Waals surface area contributed by atoms with E-state index < -0.39 is 23.2 Å². The number of carboxylic acid groups (broad SMARTS) is 1. The van der Waals surface area contributed by atoms with Crippen LogP contribution in [0.5, 0.6) is 5.75 Å². The maximum absolute atomic E-state index is 13.5. The molecule has 1 heterocycles. The van der Waals surface area contributed by atoms with Crippen LogP contribution in [0.25, 0.3) is 0 Å². The minimum Gasteiger partial charge on any atom is -0.489 e. The predicted octanol–water partition coefficient (Wildman–Crippen LogP) is 2.18. The van der Waals surface area contributed by atoms with E-state index in [1.165, 1.54) is 24.1 Å². The number of ether oxygens (including phenoxy) is 2. The molecule has 2 N–H and O–H groups in total. The molecule has 132 valence electrons. The zero-order valence-corrected chi connectivity index (χ0v) is 13.7. The standard InChI is InChI=1S/C16H21FN2O5/c1-16(14(20)21)5-6-19(10-16)15(22)18-12-9-11(17)3-4-13(12)24-8-7-23-2/h3-4,9H,5-8,10H2,1-2H3,(H,18,22)(H,20,21). The summed E-state index contributed by atoms with van der Waals surface area (Å²) < 4.78 is 23.8. The Morgan fingerprint density at radius 1 is 1.42 bits per heavy atom. The summed E-state index contributed by atoms with van der Waals surface area (Å²) in [4.78, 5) is 25.0. The Morgan fingerprint density at radius 3 is 2.79 bits per heavy atom. The SMILES string of the molecule is COCCOc1ccc(F)cc1NC(=O)N1CCC(C)(C(=O)O)C1. The molecule has 1 unspecified atom stereocenters. The van der Waals surface area contributed by atoms with Crippen LogP contribution in [0.4, 0.5) is 14.9 Å². The van der Waals surface area contributed by atoms with E-state index in [9.17, 15) is 19.1 Å². The molecule has 2 rings (SSSR count). The first kappa shape index (κ1) is 18.0. The molecule has 1 fully saturated rings. The number of likely N-dealkylation sites (tertiary alicyclic amines) is 1. The minimum atomic E-state index is -0.961. The zero-order chi connectivity index (χ0) is 17.7. The average molecular weight is 340 g/mol. The van der Waals surface area contributed by atoms with E-state index in [-0.39, 0.29) is 18.8 Å². The summed E-state index contributed by atoms with van der Waals surface area (Å²) >= 11 is 0. The molecule has 0 aliphatic carbocycles. The number of nitrogens with one attached hydrogen (secondary N) is 1. The molecule has 0 spiro atoms. The van der Waals surface area contributed by atoms with Crippen molar-refractivity contribution < 1.29 is 28.6 Å². The van der Waals surface area contributed by atoms with Crippen LogP contribution in [0.15, 0.2) is 18.2 Å². The molecular formula is C16H21FN2O5. The molecule has 7 nitrogen and oxygen atoms in total. The van der Waals surface area contributed by atoms with Gasteiger partial charge in [0.1, 0.15) is 18.2 Å². The number of anilines is 1. The number of carbonyl (C=O) groups excluding carboxylic acids is 1. The first-order chi connectivity index (χ1) is 11.4. The average Bonchev–Trinajstić information content (AvgIpc) is 2.94. The Labute approximate surface area is 139 Å². The van der Waals surface area contributed by atoms with Crippen molar-refractivity contribution in [2.45, 2.75) is 13.3 Å². The molecule has 1 aliphatic heterocycles. The van der Waals surface area contributed by atoms with E-state index >= 15 is 0 Å². The van der Waals surface area contributed by atoms with Crippen LogP contribution in [0.1, 0.15) is 13.3 Å². The topological polar surface area (TPSA) is 88.1 Å². The normalized spacial score (nSPS) is 20.0. The Kier molecular flexibility index (Phi) is 5.61. The molecule has 8 heteroatoms. The summed E-state index contributed by atoms with van der Waals surface area (Å²) in [6.45, 7) is 2.64. The quantitative estimate of drug-likeness (QED) is 0.775. The van der Waals surface area contributed by atoms with E-state index in [1.807, 2.05) is 0 Å². The van der Waals surface area contributed by atoms with Crippen molar-refractivity contribution in [1.82, 2.24) is 4.90 Å². The highest BCUT2D eigenvalue weighted by Crippen LogP contribution is 2.31. The summed E-state index contributed by atoms with van der Waals surface area (Å²) in [6, 6.07) is 3.33. The molecule has 0 aromatic heterocycles. The molecule has 1 saturated heterocycles. The smallest absolute Gasteiger partial charge is 0.321 e. The van der Waals surface area contributed by atoms with E-state index in [0.29, 0.717) is 25.3 Å². The molecule has 0 saturated carbocycles. The number of aliphatic carboxylic acids is 1. The molecule has 24 heavy (non-hydrogen) atoms. The maximum Gasteiger partial charge on any atom is 0.321 e. The molecule has 0 bridgehead atoms. The van der Waals surface area contributed by atoms with Crippen molar-refractivity contribution in [1.29, 1.82) is 0 Å². The molecule has 1 aromatic rings. The van der Waals surface area contributed by atoms with Crippen LogP contribution in [-0.2, 0) is 9.53 Å². The number of carbonyl (C=O) groups is 2. The number of carboxylic acids is 1. The number of benzene rings is 1. The van der Waals surface area contributed by atoms with Crippen molar-refractivity contribution in [2.24, 2.45) is 5.41 Å². The molecule has 1 atom stereocenters. The van der Waals surface area contributed by atoms with Gasteiger partial charge in [0.25, 0.3) is 0 Å². The number of halogens is 1. The maximum atomic E-state index is 13.5. The lowest BCUT2D eigenvalue weighted by molar-refractivity contribution is -0.146. The molecule has 2 amide bonds. The summed E-state index contributed by atoms with van der Waals surface area (Å²) in [5.41, 5.74) is -0.767.